The summed E-state index contributed by atoms with van der Waals surface area (Å²) in [5.41, 5.74) is 1.51. The first-order chi connectivity index (χ1) is 11.7. The molecule has 0 saturated carbocycles. The largest absolute Gasteiger partial charge is 0.486 e. The van der Waals surface area contributed by atoms with Gasteiger partial charge in [0, 0.05) is 17.9 Å². The molecular weight excluding hydrogens is 329 g/mol. The lowest BCUT2D eigenvalue weighted by Gasteiger charge is -2.26. The van der Waals surface area contributed by atoms with Crippen LogP contribution in [0.3, 0.4) is 0 Å². The Hall–Kier alpha value is -2.21. The highest BCUT2D eigenvalue weighted by Gasteiger charge is 2.32. The van der Waals surface area contributed by atoms with Gasteiger partial charge in [0.15, 0.2) is 11.5 Å². The summed E-state index contributed by atoms with van der Waals surface area (Å²) in [6.07, 6.45) is 0. The van der Waals surface area contributed by atoms with Gasteiger partial charge in [-0.05, 0) is 42.0 Å². The number of halogens is 1. The number of nitrogens with zero attached hydrogens (tertiary/aromatic N) is 1. The van der Waals surface area contributed by atoms with Crippen molar-refractivity contribution in [3.8, 4) is 11.5 Å². The second kappa shape index (κ2) is 6.36. The highest BCUT2D eigenvalue weighted by atomic mass is 32.2. The highest BCUT2D eigenvalue weighted by Crippen LogP contribution is 2.42. The molecule has 2 aliphatic heterocycles. The zero-order chi connectivity index (χ0) is 16.5. The lowest BCUT2D eigenvalue weighted by Crippen LogP contribution is -2.30. The summed E-state index contributed by atoms with van der Waals surface area (Å²) in [7, 11) is 0. The molecule has 2 aromatic rings. The first-order valence-electron chi connectivity index (χ1n) is 7.80. The fraction of sp³-hybridized carbons (Fsp3) is 0.278. The van der Waals surface area contributed by atoms with E-state index in [1.54, 1.807) is 11.8 Å². The zero-order valence-corrected chi connectivity index (χ0v) is 13.7. The van der Waals surface area contributed by atoms with Crippen molar-refractivity contribution < 1.29 is 18.7 Å². The number of carbonyl (C=O) groups is 1. The Bertz CT molecular complexity index is 765. The van der Waals surface area contributed by atoms with Crippen LogP contribution in [-0.2, 0) is 0 Å². The van der Waals surface area contributed by atoms with Crippen molar-refractivity contribution in [3.63, 3.8) is 0 Å². The Morgan fingerprint density at radius 3 is 2.62 bits per heavy atom. The second-order valence-corrected chi connectivity index (χ2v) is 6.82. The lowest BCUT2D eigenvalue weighted by molar-refractivity contribution is 0.0760. The fourth-order valence-corrected chi connectivity index (χ4v) is 4.17. The summed E-state index contributed by atoms with van der Waals surface area (Å²) in [5.74, 6) is 1.90. The van der Waals surface area contributed by atoms with Gasteiger partial charge in [-0.1, -0.05) is 6.07 Å². The maximum Gasteiger partial charge on any atom is 0.255 e. The van der Waals surface area contributed by atoms with Gasteiger partial charge < -0.3 is 14.4 Å². The molecule has 1 atom stereocenters. The van der Waals surface area contributed by atoms with Gasteiger partial charge in [0.25, 0.3) is 5.91 Å². The molecule has 1 fully saturated rings. The van der Waals surface area contributed by atoms with Crippen molar-refractivity contribution in [2.24, 2.45) is 0 Å². The summed E-state index contributed by atoms with van der Waals surface area (Å²) in [6, 6.07) is 11.5. The number of fused-ring (bicyclic) bond motifs is 1. The predicted molar refractivity (Wildman–Crippen MR) is 90.1 cm³/mol. The fourth-order valence-electron chi connectivity index (χ4n) is 2.93. The van der Waals surface area contributed by atoms with Gasteiger partial charge in [0.2, 0.25) is 0 Å². The Labute approximate surface area is 143 Å². The molecule has 0 radical (unpaired) electrons. The Kier molecular flexibility index (Phi) is 4.06. The van der Waals surface area contributed by atoms with Gasteiger partial charge in [-0.25, -0.2) is 4.39 Å². The van der Waals surface area contributed by atoms with Crippen LogP contribution in [0, 0.1) is 5.82 Å². The molecule has 24 heavy (non-hydrogen) atoms. The van der Waals surface area contributed by atoms with E-state index in [2.05, 4.69) is 0 Å². The van der Waals surface area contributed by atoms with Crippen LogP contribution in [0.2, 0.25) is 0 Å². The van der Waals surface area contributed by atoms with E-state index in [1.165, 1.54) is 24.3 Å². The lowest BCUT2D eigenvalue weighted by atomic mass is 10.1. The molecule has 0 spiro atoms. The molecule has 1 unspecified atom stereocenters. The highest BCUT2D eigenvalue weighted by molar-refractivity contribution is 7.99. The average Bonchev–Trinajstić information content (AvgIpc) is 3.11. The monoisotopic (exact) mass is 345 g/mol. The second-order valence-electron chi connectivity index (χ2n) is 5.63. The molecule has 0 N–H and O–H groups in total. The molecule has 4 rings (SSSR count). The van der Waals surface area contributed by atoms with Crippen LogP contribution < -0.4 is 9.47 Å². The van der Waals surface area contributed by atoms with Crippen molar-refractivity contribution >= 4 is 17.7 Å². The number of hydrogen-bond donors (Lipinski definition) is 0. The third-order valence-electron chi connectivity index (χ3n) is 4.09. The van der Waals surface area contributed by atoms with E-state index in [0.29, 0.717) is 25.3 Å². The number of benzene rings is 2. The average molecular weight is 345 g/mol. The first kappa shape index (κ1) is 15.3. The van der Waals surface area contributed by atoms with E-state index in [9.17, 15) is 9.18 Å². The molecule has 4 nitrogen and oxygen atoms in total. The van der Waals surface area contributed by atoms with Crippen LogP contribution in [0.1, 0.15) is 21.3 Å². The van der Waals surface area contributed by atoms with E-state index < -0.39 is 0 Å². The third kappa shape index (κ3) is 2.82. The molecule has 6 heteroatoms. The van der Waals surface area contributed by atoms with Crippen molar-refractivity contribution in [2.75, 3.05) is 25.5 Å². The summed E-state index contributed by atoms with van der Waals surface area (Å²) < 4.78 is 24.3. The SMILES string of the molecule is O=C(c1ccc(F)cc1)N1CCSC1c1ccc2c(c1)OCCO2. The van der Waals surface area contributed by atoms with Gasteiger partial charge >= 0.3 is 0 Å². The zero-order valence-electron chi connectivity index (χ0n) is 12.9. The minimum atomic E-state index is -0.342. The van der Waals surface area contributed by atoms with Gasteiger partial charge in [-0.15, -0.1) is 11.8 Å². The van der Waals surface area contributed by atoms with E-state index in [1.807, 2.05) is 23.1 Å². The molecule has 0 bridgehead atoms. The molecule has 1 saturated heterocycles. The standard InChI is InChI=1S/C18H16FNO3S/c19-14-4-1-12(2-5-14)17(21)20-7-10-24-18(20)13-3-6-15-16(11-13)23-9-8-22-15/h1-6,11,18H,7-10H2. The van der Waals surface area contributed by atoms with Crippen molar-refractivity contribution in [1.29, 1.82) is 0 Å². The quantitative estimate of drug-likeness (QED) is 0.835. The van der Waals surface area contributed by atoms with E-state index >= 15 is 0 Å². The molecule has 2 heterocycles. The van der Waals surface area contributed by atoms with Gasteiger partial charge in [-0.3, -0.25) is 4.79 Å². The molecule has 0 aromatic heterocycles. The van der Waals surface area contributed by atoms with Crippen molar-refractivity contribution in [3.05, 3.63) is 59.4 Å². The van der Waals surface area contributed by atoms with Gasteiger partial charge in [-0.2, -0.15) is 0 Å². The van der Waals surface area contributed by atoms with Gasteiger partial charge in [0.05, 0.1) is 0 Å². The number of rotatable bonds is 2. The minimum absolute atomic E-state index is 0.0709. The van der Waals surface area contributed by atoms with Crippen LogP contribution in [0.4, 0.5) is 4.39 Å². The van der Waals surface area contributed by atoms with E-state index in [4.69, 9.17) is 9.47 Å². The summed E-state index contributed by atoms with van der Waals surface area (Å²) in [6.45, 7) is 1.76. The maximum atomic E-state index is 13.1. The van der Waals surface area contributed by atoms with Crippen LogP contribution in [0.15, 0.2) is 42.5 Å². The Morgan fingerprint density at radius 2 is 1.83 bits per heavy atom. The predicted octanol–water partition coefficient (Wildman–Crippen LogP) is 3.48. The van der Waals surface area contributed by atoms with Crippen LogP contribution in [0.25, 0.3) is 0 Å². The number of hydrogen-bond acceptors (Lipinski definition) is 4. The molecular formula is C18H16FNO3S. The topological polar surface area (TPSA) is 38.8 Å². The first-order valence-corrected chi connectivity index (χ1v) is 8.85. The van der Waals surface area contributed by atoms with Gasteiger partial charge in [0.1, 0.15) is 24.4 Å². The van der Waals surface area contributed by atoms with Crippen molar-refractivity contribution in [2.45, 2.75) is 5.37 Å². The Balaban J connectivity index is 1.60. The number of amides is 1. The summed E-state index contributed by atoms with van der Waals surface area (Å²) >= 11 is 1.72. The Morgan fingerprint density at radius 1 is 1.08 bits per heavy atom. The van der Waals surface area contributed by atoms with Crippen LogP contribution in [-0.4, -0.2) is 36.3 Å². The van der Waals surface area contributed by atoms with Crippen LogP contribution >= 0.6 is 11.8 Å². The summed E-state index contributed by atoms with van der Waals surface area (Å²) in [5, 5.41) is -0.0709. The van der Waals surface area contributed by atoms with E-state index in [0.717, 1.165) is 22.8 Å². The summed E-state index contributed by atoms with van der Waals surface area (Å²) in [4.78, 5) is 14.6. The number of ether oxygens (including phenoxy) is 2. The normalized spacial score (nSPS) is 19.4. The maximum absolute atomic E-state index is 13.1. The molecule has 1 amide bonds. The molecule has 2 aliphatic rings. The molecule has 2 aromatic carbocycles. The van der Waals surface area contributed by atoms with Crippen molar-refractivity contribution in [1.82, 2.24) is 4.90 Å². The smallest absolute Gasteiger partial charge is 0.255 e. The number of carbonyl (C=O) groups excluding carboxylic acids is 1. The molecule has 124 valence electrons. The van der Waals surface area contributed by atoms with E-state index in [-0.39, 0.29) is 17.1 Å². The third-order valence-corrected chi connectivity index (χ3v) is 5.36. The molecule has 0 aliphatic carbocycles. The van der Waals surface area contributed by atoms with Crippen LogP contribution in [0.5, 0.6) is 11.5 Å². The minimum Gasteiger partial charge on any atom is -0.486 e. The number of thioether (sulfide) groups is 1.